The summed E-state index contributed by atoms with van der Waals surface area (Å²) in [4.78, 5) is 24.1. The molecule has 1 N–H and O–H groups in total. The standard InChI is InChI=1S/C16H15NO4/c1-3-6-17(9-16(19)20)15(18)8-12-10-21-14-7-11(2)4-5-13(12)14/h1,4-5,7,10H,6,8-9H2,2H3,(H,19,20). The molecule has 0 bridgehead atoms. The zero-order valence-electron chi connectivity index (χ0n) is 11.6. The van der Waals surface area contributed by atoms with Gasteiger partial charge in [-0.25, -0.2) is 0 Å². The molecule has 1 aromatic carbocycles. The van der Waals surface area contributed by atoms with E-state index in [-0.39, 0.29) is 18.9 Å². The molecule has 108 valence electrons. The highest BCUT2D eigenvalue weighted by Crippen LogP contribution is 2.23. The van der Waals surface area contributed by atoms with Crippen LogP contribution in [0.15, 0.2) is 28.9 Å². The number of carboxylic acids is 1. The third-order valence-corrected chi connectivity index (χ3v) is 3.11. The molecule has 0 spiro atoms. The summed E-state index contributed by atoms with van der Waals surface area (Å²) in [5.74, 6) is 0.871. The van der Waals surface area contributed by atoms with Crippen molar-refractivity contribution in [3.63, 3.8) is 0 Å². The first-order chi connectivity index (χ1) is 10.0. The maximum absolute atomic E-state index is 12.2. The molecule has 0 fully saturated rings. The van der Waals surface area contributed by atoms with Gasteiger partial charge < -0.3 is 14.4 Å². The highest BCUT2D eigenvalue weighted by molar-refractivity contribution is 5.89. The van der Waals surface area contributed by atoms with E-state index in [2.05, 4.69) is 5.92 Å². The highest BCUT2D eigenvalue weighted by atomic mass is 16.4. The van der Waals surface area contributed by atoms with Crippen LogP contribution in [0.2, 0.25) is 0 Å². The van der Waals surface area contributed by atoms with Gasteiger partial charge in [0.25, 0.3) is 0 Å². The molecular formula is C16H15NO4. The van der Waals surface area contributed by atoms with E-state index >= 15 is 0 Å². The molecule has 5 nitrogen and oxygen atoms in total. The van der Waals surface area contributed by atoms with E-state index in [0.29, 0.717) is 5.58 Å². The van der Waals surface area contributed by atoms with E-state index in [1.807, 2.05) is 25.1 Å². The maximum atomic E-state index is 12.2. The van der Waals surface area contributed by atoms with Crippen molar-refractivity contribution in [1.82, 2.24) is 4.90 Å². The normalized spacial score (nSPS) is 10.3. The zero-order chi connectivity index (χ0) is 15.4. The van der Waals surface area contributed by atoms with Crippen molar-refractivity contribution in [2.45, 2.75) is 13.3 Å². The Balaban J connectivity index is 2.20. The van der Waals surface area contributed by atoms with Gasteiger partial charge in [0.2, 0.25) is 5.91 Å². The lowest BCUT2D eigenvalue weighted by molar-refractivity contribution is -0.143. The van der Waals surface area contributed by atoms with E-state index in [9.17, 15) is 9.59 Å². The molecular weight excluding hydrogens is 270 g/mol. The third kappa shape index (κ3) is 3.42. The summed E-state index contributed by atoms with van der Waals surface area (Å²) in [5.41, 5.74) is 2.50. The fourth-order valence-corrected chi connectivity index (χ4v) is 2.11. The number of aliphatic carboxylic acids is 1. The minimum absolute atomic E-state index is 0.0278. The van der Waals surface area contributed by atoms with Crippen molar-refractivity contribution >= 4 is 22.8 Å². The predicted molar refractivity (Wildman–Crippen MR) is 77.7 cm³/mol. The molecule has 0 aliphatic heterocycles. The summed E-state index contributed by atoms with van der Waals surface area (Å²) in [6.45, 7) is 1.52. The first-order valence-electron chi connectivity index (χ1n) is 6.41. The van der Waals surface area contributed by atoms with Crippen LogP contribution < -0.4 is 0 Å². The Labute approximate surface area is 122 Å². The van der Waals surface area contributed by atoms with Crippen LogP contribution in [0, 0.1) is 19.3 Å². The summed E-state index contributed by atoms with van der Waals surface area (Å²) in [6.07, 6.45) is 6.75. The van der Waals surface area contributed by atoms with Gasteiger partial charge in [-0.05, 0) is 18.6 Å². The smallest absolute Gasteiger partial charge is 0.323 e. The fourth-order valence-electron chi connectivity index (χ4n) is 2.11. The summed E-state index contributed by atoms with van der Waals surface area (Å²) < 4.78 is 5.42. The minimum Gasteiger partial charge on any atom is -0.480 e. The van der Waals surface area contributed by atoms with Crippen molar-refractivity contribution < 1.29 is 19.1 Å². The van der Waals surface area contributed by atoms with Gasteiger partial charge in [-0.3, -0.25) is 9.59 Å². The molecule has 2 rings (SSSR count). The minimum atomic E-state index is -1.09. The molecule has 21 heavy (non-hydrogen) atoms. The topological polar surface area (TPSA) is 70.8 Å². The van der Waals surface area contributed by atoms with Crippen molar-refractivity contribution in [3.05, 3.63) is 35.6 Å². The number of nitrogens with zero attached hydrogens (tertiary/aromatic N) is 1. The largest absolute Gasteiger partial charge is 0.480 e. The van der Waals surface area contributed by atoms with Crippen LogP contribution in [-0.2, 0) is 16.0 Å². The molecule has 0 radical (unpaired) electrons. The molecule has 0 saturated heterocycles. The van der Waals surface area contributed by atoms with Crippen molar-refractivity contribution in [2.24, 2.45) is 0 Å². The Morgan fingerprint density at radius 1 is 1.43 bits per heavy atom. The third-order valence-electron chi connectivity index (χ3n) is 3.11. The highest BCUT2D eigenvalue weighted by Gasteiger charge is 2.18. The van der Waals surface area contributed by atoms with Gasteiger partial charge >= 0.3 is 5.97 Å². The molecule has 5 heteroatoms. The Morgan fingerprint density at radius 3 is 2.86 bits per heavy atom. The van der Waals surface area contributed by atoms with Crippen LogP contribution in [0.1, 0.15) is 11.1 Å². The molecule has 0 aliphatic rings. The number of rotatable bonds is 5. The van der Waals surface area contributed by atoms with Crippen LogP contribution in [0.25, 0.3) is 11.0 Å². The number of aryl methyl sites for hydroxylation is 1. The van der Waals surface area contributed by atoms with Crippen LogP contribution in [-0.4, -0.2) is 35.0 Å². The van der Waals surface area contributed by atoms with Gasteiger partial charge in [0.1, 0.15) is 12.1 Å². The van der Waals surface area contributed by atoms with Gasteiger partial charge in [0, 0.05) is 10.9 Å². The van der Waals surface area contributed by atoms with E-state index in [4.69, 9.17) is 15.9 Å². The Kier molecular flexibility index (Phi) is 4.29. The van der Waals surface area contributed by atoms with Crippen LogP contribution in [0.5, 0.6) is 0 Å². The molecule has 0 unspecified atom stereocenters. The number of terminal acetylenes is 1. The molecule has 2 aromatic rings. The zero-order valence-corrected chi connectivity index (χ0v) is 11.6. The van der Waals surface area contributed by atoms with Crippen molar-refractivity contribution in [1.29, 1.82) is 0 Å². The average Bonchev–Trinajstić information content (AvgIpc) is 2.80. The first-order valence-corrected chi connectivity index (χ1v) is 6.41. The quantitative estimate of drug-likeness (QED) is 0.851. The molecule has 0 aliphatic carbocycles. The molecule has 1 amide bonds. The van der Waals surface area contributed by atoms with Gasteiger partial charge in [0.05, 0.1) is 19.2 Å². The number of hydrogen-bond donors (Lipinski definition) is 1. The Morgan fingerprint density at radius 2 is 2.19 bits per heavy atom. The Hall–Kier alpha value is -2.74. The summed E-state index contributed by atoms with van der Waals surface area (Å²) in [6, 6.07) is 5.71. The fraction of sp³-hybridized carbons (Fsp3) is 0.250. The molecule has 0 atom stereocenters. The van der Waals surface area contributed by atoms with Crippen LogP contribution in [0.3, 0.4) is 0 Å². The lowest BCUT2D eigenvalue weighted by Crippen LogP contribution is -2.36. The molecule has 0 saturated carbocycles. The second-order valence-electron chi connectivity index (χ2n) is 4.78. The lowest BCUT2D eigenvalue weighted by Gasteiger charge is -2.17. The van der Waals surface area contributed by atoms with E-state index < -0.39 is 12.5 Å². The van der Waals surface area contributed by atoms with Gasteiger partial charge in [0.15, 0.2) is 0 Å². The van der Waals surface area contributed by atoms with Crippen LogP contribution in [0.4, 0.5) is 0 Å². The Bertz CT molecular complexity index is 723. The first kappa shape index (κ1) is 14.7. The second-order valence-corrected chi connectivity index (χ2v) is 4.78. The second kappa shape index (κ2) is 6.14. The lowest BCUT2D eigenvalue weighted by atomic mass is 10.1. The average molecular weight is 285 g/mol. The monoisotopic (exact) mass is 285 g/mol. The van der Waals surface area contributed by atoms with Crippen LogP contribution >= 0.6 is 0 Å². The SMILES string of the molecule is C#CCN(CC(=O)O)C(=O)Cc1coc2cc(C)ccc12. The predicted octanol–water partition coefficient (Wildman–Crippen LogP) is 1.83. The van der Waals surface area contributed by atoms with E-state index in [1.54, 1.807) is 0 Å². The number of benzene rings is 1. The summed E-state index contributed by atoms with van der Waals surface area (Å²) in [5, 5.41) is 9.66. The van der Waals surface area contributed by atoms with E-state index in [0.717, 1.165) is 21.4 Å². The number of fused-ring (bicyclic) bond motifs is 1. The van der Waals surface area contributed by atoms with Crippen molar-refractivity contribution in [3.8, 4) is 12.3 Å². The van der Waals surface area contributed by atoms with Crippen molar-refractivity contribution in [2.75, 3.05) is 13.1 Å². The van der Waals surface area contributed by atoms with Gasteiger partial charge in [-0.2, -0.15) is 0 Å². The number of hydrogen-bond acceptors (Lipinski definition) is 3. The number of carbonyl (C=O) groups is 2. The van der Waals surface area contributed by atoms with E-state index in [1.165, 1.54) is 6.26 Å². The number of amides is 1. The maximum Gasteiger partial charge on any atom is 0.323 e. The van der Waals surface area contributed by atoms with Gasteiger partial charge in [-0.1, -0.05) is 18.1 Å². The molecule has 1 aromatic heterocycles. The summed E-state index contributed by atoms with van der Waals surface area (Å²) >= 11 is 0. The van der Waals surface area contributed by atoms with Gasteiger partial charge in [-0.15, -0.1) is 6.42 Å². The number of carbonyl (C=O) groups excluding carboxylic acids is 1. The number of carboxylic acid groups (broad SMARTS) is 1. The molecule has 1 heterocycles. The number of furan rings is 1. The summed E-state index contributed by atoms with van der Waals surface area (Å²) in [7, 11) is 0.